The predicted octanol–water partition coefficient (Wildman–Crippen LogP) is 3.00. The minimum atomic E-state index is -1.81. The van der Waals surface area contributed by atoms with Gasteiger partial charge in [0, 0.05) is 11.6 Å². The summed E-state index contributed by atoms with van der Waals surface area (Å²) in [6.45, 7) is 1.71. The van der Waals surface area contributed by atoms with E-state index in [0.29, 0.717) is 6.42 Å². The molecule has 0 amide bonds. The van der Waals surface area contributed by atoms with E-state index in [2.05, 4.69) is 0 Å². The Morgan fingerprint density at radius 3 is 2.15 bits per heavy atom. The van der Waals surface area contributed by atoms with E-state index in [4.69, 9.17) is 0 Å². The minimum Gasteiger partial charge on any atom is -0.203 e. The van der Waals surface area contributed by atoms with Crippen LogP contribution in [0.15, 0.2) is 0 Å². The second kappa shape index (κ2) is 3.77. The summed E-state index contributed by atoms with van der Waals surface area (Å²) in [5, 5.41) is 0. The third-order valence-corrected chi connectivity index (χ3v) is 1.60. The third-order valence-electron chi connectivity index (χ3n) is 1.60. The Morgan fingerprint density at radius 1 is 1.00 bits per heavy atom. The number of hydrogen-bond donors (Lipinski definition) is 0. The van der Waals surface area contributed by atoms with E-state index in [1.54, 1.807) is 6.92 Å². The Hall–Kier alpha value is -1.06. The van der Waals surface area contributed by atoms with Crippen molar-refractivity contribution < 1.29 is 17.6 Å². The van der Waals surface area contributed by atoms with Crippen molar-refractivity contribution in [1.82, 2.24) is 0 Å². The van der Waals surface area contributed by atoms with Gasteiger partial charge in [-0.1, -0.05) is 13.3 Å². The van der Waals surface area contributed by atoms with Crippen molar-refractivity contribution in [1.29, 1.82) is 0 Å². The molecule has 0 aliphatic heterocycles. The number of hydrogen-bond acceptors (Lipinski definition) is 0. The molecule has 71 valence electrons. The van der Waals surface area contributed by atoms with Crippen LogP contribution in [0.25, 0.3) is 0 Å². The molecule has 4 heteroatoms. The molecule has 0 saturated carbocycles. The second-order valence-corrected chi connectivity index (χ2v) is 2.61. The summed E-state index contributed by atoms with van der Waals surface area (Å²) in [6.07, 6.45) is 0.651. The fourth-order valence-corrected chi connectivity index (χ4v) is 0.990. The lowest BCUT2D eigenvalue weighted by Crippen LogP contribution is -2.01. The lowest BCUT2D eigenvalue weighted by molar-refractivity contribution is 0.402. The highest BCUT2D eigenvalue weighted by atomic mass is 19.2. The van der Waals surface area contributed by atoms with Gasteiger partial charge in [0.05, 0.1) is 0 Å². The number of rotatable bonds is 2. The molecule has 0 spiro atoms. The molecule has 0 atom stereocenters. The van der Waals surface area contributed by atoms with Crippen LogP contribution in [0.1, 0.15) is 18.9 Å². The zero-order valence-electron chi connectivity index (χ0n) is 6.93. The maximum absolute atomic E-state index is 12.8. The minimum absolute atomic E-state index is 0.139. The second-order valence-electron chi connectivity index (χ2n) is 2.61. The topological polar surface area (TPSA) is 0 Å². The monoisotopic (exact) mass is 191 g/mol. The average Bonchev–Trinajstić information content (AvgIpc) is 2.11. The summed E-state index contributed by atoms with van der Waals surface area (Å²) in [5.41, 5.74) is -0.251. The number of aryl methyl sites for hydroxylation is 1. The maximum atomic E-state index is 12.8. The Labute approximate surface area is 73.2 Å². The van der Waals surface area contributed by atoms with E-state index in [1.807, 2.05) is 6.07 Å². The molecular formula is C9H7F4. The normalized spacial score (nSPS) is 10.5. The average molecular weight is 191 g/mol. The summed E-state index contributed by atoms with van der Waals surface area (Å²) in [4.78, 5) is 0. The predicted molar refractivity (Wildman–Crippen MR) is 39.1 cm³/mol. The zero-order valence-corrected chi connectivity index (χ0v) is 6.93. The van der Waals surface area contributed by atoms with Gasteiger partial charge in [0.1, 0.15) is 0 Å². The highest BCUT2D eigenvalue weighted by Crippen LogP contribution is 2.18. The van der Waals surface area contributed by atoms with Crippen LogP contribution >= 0.6 is 0 Å². The van der Waals surface area contributed by atoms with Crippen molar-refractivity contribution in [3.05, 3.63) is 34.9 Å². The molecule has 0 unspecified atom stereocenters. The van der Waals surface area contributed by atoms with Crippen molar-refractivity contribution in [2.24, 2.45) is 0 Å². The standard InChI is InChI=1S/C9H7F4/c1-2-3-5-4-6(10)8(12)9(13)7(5)11/h2-3H2,1H3. The van der Waals surface area contributed by atoms with Crippen LogP contribution < -0.4 is 0 Å². The molecule has 1 rings (SSSR count). The Kier molecular flexibility index (Phi) is 2.90. The highest BCUT2D eigenvalue weighted by molar-refractivity contribution is 5.20. The van der Waals surface area contributed by atoms with Gasteiger partial charge in [-0.3, -0.25) is 0 Å². The van der Waals surface area contributed by atoms with Gasteiger partial charge < -0.3 is 0 Å². The third kappa shape index (κ3) is 1.82. The molecule has 0 aromatic heterocycles. The summed E-state index contributed by atoms with van der Waals surface area (Å²) < 4.78 is 50.3. The fraction of sp³-hybridized carbons (Fsp3) is 0.333. The molecule has 0 aliphatic rings. The van der Waals surface area contributed by atoms with Gasteiger partial charge >= 0.3 is 0 Å². The quantitative estimate of drug-likeness (QED) is 0.383. The van der Waals surface area contributed by atoms with Crippen LogP contribution in [0.4, 0.5) is 17.6 Å². The van der Waals surface area contributed by atoms with Crippen LogP contribution in [0, 0.1) is 29.3 Å². The summed E-state index contributed by atoms with van der Waals surface area (Å²) in [7, 11) is 0. The van der Waals surface area contributed by atoms with Crippen molar-refractivity contribution >= 4 is 0 Å². The fourth-order valence-electron chi connectivity index (χ4n) is 0.990. The molecule has 13 heavy (non-hydrogen) atoms. The van der Waals surface area contributed by atoms with Gasteiger partial charge in [-0.05, 0) is 6.42 Å². The molecule has 0 N–H and O–H groups in total. The number of benzene rings is 1. The number of halogens is 4. The van der Waals surface area contributed by atoms with E-state index in [9.17, 15) is 17.6 Å². The largest absolute Gasteiger partial charge is 0.203 e. The maximum Gasteiger partial charge on any atom is 0.198 e. The Balaban J connectivity index is 3.24. The van der Waals surface area contributed by atoms with Gasteiger partial charge in [0.15, 0.2) is 23.3 Å². The van der Waals surface area contributed by atoms with Gasteiger partial charge in [-0.15, -0.1) is 0 Å². The first-order valence-electron chi connectivity index (χ1n) is 3.82. The van der Waals surface area contributed by atoms with Gasteiger partial charge in [0.2, 0.25) is 0 Å². The molecule has 0 saturated heterocycles. The molecule has 0 fully saturated rings. The van der Waals surface area contributed by atoms with Crippen LogP contribution in [-0.2, 0) is 6.42 Å². The zero-order chi connectivity index (χ0) is 10.0. The first kappa shape index (κ1) is 10.0. The lowest BCUT2D eigenvalue weighted by Gasteiger charge is -2.02. The van der Waals surface area contributed by atoms with Gasteiger partial charge in [0.25, 0.3) is 0 Å². The van der Waals surface area contributed by atoms with E-state index in [0.717, 1.165) is 0 Å². The Bertz CT molecular complexity index is 320. The molecule has 0 heterocycles. The SMILES string of the molecule is CCCc1[c]c(F)c(F)c(F)c1F. The summed E-state index contributed by atoms with van der Waals surface area (Å²) in [5.74, 6) is -6.39. The molecule has 1 aromatic carbocycles. The van der Waals surface area contributed by atoms with E-state index >= 15 is 0 Å². The molecule has 0 bridgehead atoms. The van der Waals surface area contributed by atoms with Gasteiger partial charge in [-0.25, -0.2) is 17.6 Å². The van der Waals surface area contributed by atoms with E-state index in [1.165, 1.54) is 0 Å². The summed E-state index contributed by atoms with van der Waals surface area (Å²) >= 11 is 0. The van der Waals surface area contributed by atoms with Crippen molar-refractivity contribution in [2.75, 3.05) is 0 Å². The first-order valence-corrected chi connectivity index (χ1v) is 3.82. The first-order chi connectivity index (χ1) is 6.07. The highest BCUT2D eigenvalue weighted by Gasteiger charge is 2.18. The molecular weight excluding hydrogens is 184 g/mol. The Morgan fingerprint density at radius 2 is 1.62 bits per heavy atom. The molecule has 0 nitrogen and oxygen atoms in total. The van der Waals surface area contributed by atoms with Crippen molar-refractivity contribution in [2.45, 2.75) is 19.8 Å². The molecule has 0 aliphatic carbocycles. The van der Waals surface area contributed by atoms with Crippen molar-refractivity contribution in [3.63, 3.8) is 0 Å². The van der Waals surface area contributed by atoms with E-state index in [-0.39, 0.29) is 12.0 Å². The van der Waals surface area contributed by atoms with Crippen LogP contribution in [0.2, 0.25) is 0 Å². The van der Waals surface area contributed by atoms with Crippen LogP contribution in [-0.4, -0.2) is 0 Å². The van der Waals surface area contributed by atoms with Crippen molar-refractivity contribution in [3.8, 4) is 0 Å². The van der Waals surface area contributed by atoms with E-state index < -0.39 is 23.3 Å². The lowest BCUT2D eigenvalue weighted by atomic mass is 10.1. The van der Waals surface area contributed by atoms with Crippen LogP contribution in [0.3, 0.4) is 0 Å². The summed E-state index contributed by atoms with van der Waals surface area (Å²) in [6, 6.07) is 1.83. The van der Waals surface area contributed by atoms with Crippen LogP contribution in [0.5, 0.6) is 0 Å². The molecule has 1 aromatic rings. The van der Waals surface area contributed by atoms with Gasteiger partial charge in [-0.2, -0.15) is 0 Å². The molecule has 1 radical (unpaired) electrons. The smallest absolute Gasteiger partial charge is 0.198 e.